The van der Waals surface area contributed by atoms with Gasteiger partial charge in [0.25, 0.3) is 5.91 Å². The van der Waals surface area contributed by atoms with Crippen molar-refractivity contribution in [2.45, 2.75) is 18.3 Å². The van der Waals surface area contributed by atoms with Gasteiger partial charge in [0, 0.05) is 11.3 Å². The second-order valence-electron chi connectivity index (χ2n) is 5.79. The van der Waals surface area contributed by atoms with Gasteiger partial charge in [-0.3, -0.25) is 4.79 Å². The zero-order valence-electron chi connectivity index (χ0n) is 13.3. The van der Waals surface area contributed by atoms with Gasteiger partial charge in [-0.1, -0.05) is 47.0 Å². The molecule has 4 nitrogen and oxygen atoms in total. The first kappa shape index (κ1) is 18.1. The number of aliphatic carboxylic acids is 1. The molecular formula is C18H15Cl2NO3S. The third kappa shape index (κ3) is 3.64. The Bertz CT molecular complexity index is 826. The van der Waals surface area contributed by atoms with Gasteiger partial charge in [-0.25, -0.2) is 4.79 Å². The Labute approximate surface area is 159 Å². The van der Waals surface area contributed by atoms with Crippen molar-refractivity contribution in [1.82, 2.24) is 4.90 Å². The lowest BCUT2D eigenvalue weighted by molar-refractivity contribution is -0.141. The molecule has 25 heavy (non-hydrogen) atoms. The summed E-state index contributed by atoms with van der Waals surface area (Å²) in [6.45, 7) is 1.93. The summed E-state index contributed by atoms with van der Waals surface area (Å²) < 4.78 is 0. The number of amides is 1. The molecule has 0 radical (unpaired) electrons. The average molecular weight is 396 g/mol. The molecule has 3 rings (SSSR count). The number of thioether (sulfide) groups is 1. The van der Waals surface area contributed by atoms with Crippen LogP contribution in [0.25, 0.3) is 0 Å². The van der Waals surface area contributed by atoms with Crippen LogP contribution < -0.4 is 0 Å². The van der Waals surface area contributed by atoms with Gasteiger partial charge in [-0.2, -0.15) is 0 Å². The van der Waals surface area contributed by atoms with Crippen LogP contribution in [0, 0.1) is 6.92 Å². The Kier molecular flexibility index (Phi) is 5.27. The van der Waals surface area contributed by atoms with Crippen molar-refractivity contribution in [3.05, 3.63) is 69.2 Å². The van der Waals surface area contributed by atoms with Crippen LogP contribution in [0.1, 0.15) is 26.9 Å². The molecule has 1 aliphatic rings. The highest BCUT2D eigenvalue weighted by atomic mass is 35.5. The first-order valence-corrected chi connectivity index (χ1v) is 9.37. The van der Waals surface area contributed by atoms with Gasteiger partial charge in [0.05, 0.1) is 10.0 Å². The highest BCUT2D eigenvalue weighted by Crippen LogP contribution is 2.43. The van der Waals surface area contributed by atoms with E-state index in [0.717, 1.165) is 11.1 Å². The Hall–Kier alpha value is -1.69. The SMILES string of the molecule is Cc1ccc(C(=O)N2C(C(=O)O)CSC2c2ccc(Cl)c(Cl)c2)cc1. The molecule has 2 unspecified atom stereocenters. The van der Waals surface area contributed by atoms with Crippen molar-refractivity contribution in [3.8, 4) is 0 Å². The minimum atomic E-state index is -1.02. The molecule has 0 bridgehead atoms. The molecule has 1 fully saturated rings. The number of carbonyl (C=O) groups excluding carboxylic acids is 1. The van der Waals surface area contributed by atoms with E-state index < -0.39 is 17.4 Å². The van der Waals surface area contributed by atoms with Crippen LogP contribution in [-0.4, -0.2) is 33.7 Å². The van der Waals surface area contributed by atoms with Gasteiger partial charge in [0.15, 0.2) is 0 Å². The summed E-state index contributed by atoms with van der Waals surface area (Å²) >= 11 is 13.5. The van der Waals surface area contributed by atoms with Gasteiger partial charge < -0.3 is 10.0 Å². The molecule has 2 aromatic rings. The summed E-state index contributed by atoms with van der Waals surface area (Å²) in [6.07, 6.45) is 0. The summed E-state index contributed by atoms with van der Waals surface area (Å²) in [6, 6.07) is 11.3. The van der Waals surface area contributed by atoms with E-state index in [-0.39, 0.29) is 5.91 Å². The molecule has 1 N–H and O–H groups in total. The summed E-state index contributed by atoms with van der Waals surface area (Å²) in [5.41, 5.74) is 2.25. The summed E-state index contributed by atoms with van der Waals surface area (Å²) in [7, 11) is 0. The van der Waals surface area contributed by atoms with E-state index in [0.29, 0.717) is 21.4 Å². The second kappa shape index (κ2) is 7.28. The summed E-state index contributed by atoms with van der Waals surface area (Å²) in [4.78, 5) is 26.1. The minimum absolute atomic E-state index is 0.312. The standard InChI is InChI=1S/C18H15Cl2NO3S/c1-10-2-4-11(5-3-10)16(22)21-15(18(23)24)9-25-17(21)12-6-7-13(19)14(20)8-12/h2-8,15,17H,9H2,1H3,(H,23,24). The topological polar surface area (TPSA) is 57.6 Å². The molecule has 130 valence electrons. The third-order valence-electron chi connectivity index (χ3n) is 4.05. The van der Waals surface area contributed by atoms with Gasteiger partial charge in [-0.05, 0) is 36.8 Å². The van der Waals surface area contributed by atoms with Crippen LogP contribution in [-0.2, 0) is 4.79 Å². The average Bonchev–Trinajstić information content (AvgIpc) is 3.02. The van der Waals surface area contributed by atoms with E-state index in [1.807, 2.05) is 19.1 Å². The Morgan fingerprint density at radius 3 is 2.40 bits per heavy atom. The molecule has 0 aliphatic carbocycles. The number of carboxylic acid groups (broad SMARTS) is 1. The van der Waals surface area contributed by atoms with Crippen molar-refractivity contribution < 1.29 is 14.7 Å². The summed E-state index contributed by atoms with van der Waals surface area (Å²) in [5, 5.41) is 9.90. The fourth-order valence-corrected chi connectivity index (χ4v) is 4.43. The number of nitrogens with zero attached hydrogens (tertiary/aromatic N) is 1. The van der Waals surface area contributed by atoms with E-state index in [9.17, 15) is 14.7 Å². The lowest BCUT2D eigenvalue weighted by atomic mass is 10.1. The van der Waals surface area contributed by atoms with Crippen LogP contribution in [0.2, 0.25) is 10.0 Å². The van der Waals surface area contributed by atoms with Gasteiger partial charge in [0.2, 0.25) is 0 Å². The smallest absolute Gasteiger partial charge is 0.327 e. The monoisotopic (exact) mass is 395 g/mol. The van der Waals surface area contributed by atoms with Crippen molar-refractivity contribution in [2.75, 3.05) is 5.75 Å². The van der Waals surface area contributed by atoms with Crippen molar-refractivity contribution in [3.63, 3.8) is 0 Å². The van der Waals surface area contributed by atoms with E-state index in [4.69, 9.17) is 23.2 Å². The van der Waals surface area contributed by atoms with Crippen molar-refractivity contribution in [1.29, 1.82) is 0 Å². The van der Waals surface area contributed by atoms with Crippen LogP contribution in [0.15, 0.2) is 42.5 Å². The molecule has 7 heteroatoms. The zero-order valence-corrected chi connectivity index (χ0v) is 15.6. The van der Waals surface area contributed by atoms with E-state index >= 15 is 0 Å². The van der Waals surface area contributed by atoms with Gasteiger partial charge in [0.1, 0.15) is 11.4 Å². The number of carboxylic acids is 1. The van der Waals surface area contributed by atoms with Crippen molar-refractivity contribution >= 4 is 46.8 Å². The molecule has 0 aromatic heterocycles. The molecule has 0 saturated carbocycles. The summed E-state index contributed by atoms with van der Waals surface area (Å²) in [5.74, 6) is -1.01. The molecular weight excluding hydrogens is 381 g/mol. The van der Waals surface area contributed by atoms with Gasteiger partial charge in [-0.15, -0.1) is 11.8 Å². The molecule has 2 atom stereocenters. The minimum Gasteiger partial charge on any atom is -0.480 e. The molecule has 1 saturated heterocycles. The Balaban J connectivity index is 1.99. The van der Waals surface area contributed by atoms with Crippen LogP contribution in [0.3, 0.4) is 0 Å². The Morgan fingerprint density at radius 1 is 1.12 bits per heavy atom. The maximum atomic E-state index is 13.0. The van der Waals surface area contributed by atoms with Crippen LogP contribution in [0.4, 0.5) is 0 Å². The number of rotatable bonds is 3. The normalized spacial score (nSPS) is 19.9. The van der Waals surface area contributed by atoms with E-state index in [1.165, 1.54) is 16.7 Å². The lowest BCUT2D eigenvalue weighted by Gasteiger charge is -2.28. The highest BCUT2D eigenvalue weighted by Gasteiger charge is 2.42. The number of halogens is 2. The Morgan fingerprint density at radius 2 is 1.80 bits per heavy atom. The fourth-order valence-electron chi connectivity index (χ4n) is 2.71. The highest BCUT2D eigenvalue weighted by molar-refractivity contribution is 7.99. The lowest BCUT2D eigenvalue weighted by Crippen LogP contribution is -2.42. The van der Waals surface area contributed by atoms with E-state index in [1.54, 1.807) is 30.3 Å². The number of aryl methyl sites for hydroxylation is 1. The van der Waals surface area contributed by atoms with E-state index in [2.05, 4.69) is 0 Å². The second-order valence-corrected chi connectivity index (χ2v) is 7.72. The number of hydrogen-bond acceptors (Lipinski definition) is 3. The fraction of sp³-hybridized carbons (Fsp3) is 0.222. The van der Waals surface area contributed by atoms with Gasteiger partial charge >= 0.3 is 5.97 Å². The maximum Gasteiger partial charge on any atom is 0.327 e. The zero-order chi connectivity index (χ0) is 18.1. The molecule has 2 aromatic carbocycles. The molecule has 1 amide bonds. The maximum absolute atomic E-state index is 13.0. The third-order valence-corrected chi connectivity index (χ3v) is 6.11. The van der Waals surface area contributed by atoms with Crippen molar-refractivity contribution in [2.24, 2.45) is 0 Å². The number of carbonyl (C=O) groups is 2. The van der Waals surface area contributed by atoms with Crippen LogP contribution >= 0.6 is 35.0 Å². The first-order chi connectivity index (χ1) is 11.9. The predicted octanol–water partition coefficient (Wildman–Crippen LogP) is 4.64. The molecule has 1 heterocycles. The first-order valence-electron chi connectivity index (χ1n) is 7.57. The molecule has 1 aliphatic heterocycles. The number of hydrogen-bond donors (Lipinski definition) is 1. The largest absolute Gasteiger partial charge is 0.480 e. The quantitative estimate of drug-likeness (QED) is 0.821. The number of benzene rings is 2. The molecule has 0 spiro atoms. The predicted molar refractivity (Wildman–Crippen MR) is 100 cm³/mol. The van der Waals surface area contributed by atoms with Crippen LogP contribution in [0.5, 0.6) is 0 Å².